The van der Waals surface area contributed by atoms with Gasteiger partial charge >= 0.3 is 0 Å². The van der Waals surface area contributed by atoms with E-state index in [2.05, 4.69) is 17.4 Å². The predicted octanol–water partition coefficient (Wildman–Crippen LogP) is 4.44. The predicted molar refractivity (Wildman–Crippen MR) is 120 cm³/mol. The van der Waals surface area contributed by atoms with Crippen molar-refractivity contribution in [3.63, 3.8) is 0 Å². The van der Waals surface area contributed by atoms with Crippen LogP contribution >= 0.6 is 0 Å². The molecule has 5 nitrogen and oxygen atoms in total. The molecule has 0 spiro atoms. The van der Waals surface area contributed by atoms with E-state index in [4.69, 9.17) is 4.74 Å². The van der Waals surface area contributed by atoms with Gasteiger partial charge in [-0.1, -0.05) is 68.5 Å². The summed E-state index contributed by atoms with van der Waals surface area (Å²) >= 11 is 0. The van der Waals surface area contributed by atoms with Gasteiger partial charge in [0.25, 0.3) is 0 Å². The quantitative estimate of drug-likeness (QED) is 0.708. The molecule has 162 valence electrons. The first-order valence-electron chi connectivity index (χ1n) is 11.1. The number of benzene rings is 2. The monoisotopic (exact) mass is 428 g/mol. The molecular formula is C24H32N2O3S. The minimum atomic E-state index is -3.50. The third-order valence-corrected chi connectivity index (χ3v) is 8.14. The maximum Gasteiger partial charge on any atom is 0.243 e. The molecule has 2 aromatic rings. The number of nitrogens with one attached hydrogen (secondary N) is 1. The standard InChI is InChI=1S/C24H32N2O3S/c27-30(28,26-13-15-29-16-14-26)23-12-11-22(17-20-7-3-1-4-8-20)24(18-23)25-19-21-9-5-2-6-10-21/h2,5-6,9-12,18,20,25H,1,3-4,7-8,13-17,19H2. The van der Waals surface area contributed by atoms with E-state index in [0.717, 1.165) is 12.1 Å². The summed E-state index contributed by atoms with van der Waals surface area (Å²) in [6.07, 6.45) is 7.50. The molecule has 1 saturated heterocycles. The summed E-state index contributed by atoms with van der Waals surface area (Å²) in [5.41, 5.74) is 3.35. The zero-order valence-electron chi connectivity index (χ0n) is 17.6. The van der Waals surface area contributed by atoms with Gasteiger partial charge < -0.3 is 10.1 Å². The molecule has 6 heteroatoms. The lowest BCUT2D eigenvalue weighted by Gasteiger charge is -2.27. The van der Waals surface area contributed by atoms with Crippen LogP contribution in [-0.2, 0) is 27.7 Å². The molecule has 0 atom stereocenters. The third kappa shape index (κ3) is 5.23. The molecule has 4 rings (SSSR count). The summed E-state index contributed by atoms with van der Waals surface area (Å²) in [6.45, 7) is 2.42. The summed E-state index contributed by atoms with van der Waals surface area (Å²) in [7, 11) is -3.50. The van der Waals surface area contributed by atoms with Crippen LogP contribution in [0.1, 0.15) is 43.2 Å². The average Bonchev–Trinajstić information content (AvgIpc) is 2.80. The zero-order chi connectivity index (χ0) is 20.8. The van der Waals surface area contributed by atoms with Crippen molar-refractivity contribution in [3.8, 4) is 0 Å². The van der Waals surface area contributed by atoms with Crippen molar-refractivity contribution in [1.82, 2.24) is 4.31 Å². The Hall–Kier alpha value is -1.89. The second-order valence-corrected chi connectivity index (χ2v) is 10.3. The van der Waals surface area contributed by atoms with E-state index in [1.54, 1.807) is 6.07 Å². The second-order valence-electron chi connectivity index (χ2n) is 8.38. The Balaban J connectivity index is 1.58. The van der Waals surface area contributed by atoms with Crippen LogP contribution < -0.4 is 5.32 Å². The Morgan fingerprint density at radius 3 is 2.43 bits per heavy atom. The minimum absolute atomic E-state index is 0.368. The molecule has 0 amide bonds. The lowest BCUT2D eigenvalue weighted by molar-refractivity contribution is 0.0730. The molecule has 1 aliphatic carbocycles. The van der Waals surface area contributed by atoms with E-state index >= 15 is 0 Å². The number of hydrogen-bond donors (Lipinski definition) is 1. The Labute approximate surface area is 180 Å². The van der Waals surface area contributed by atoms with Gasteiger partial charge in [-0.2, -0.15) is 4.31 Å². The highest BCUT2D eigenvalue weighted by Crippen LogP contribution is 2.31. The topological polar surface area (TPSA) is 58.6 Å². The number of nitrogens with zero attached hydrogens (tertiary/aromatic N) is 1. The van der Waals surface area contributed by atoms with Crippen LogP contribution in [0.2, 0.25) is 0 Å². The zero-order valence-corrected chi connectivity index (χ0v) is 18.4. The van der Waals surface area contributed by atoms with Crippen molar-refractivity contribution in [1.29, 1.82) is 0 Å². The van der Waals surface area contributed by atoms with E-state index < -0.39 is 10.0 Å². The summed E-state index contributed by atoms with van der Waals surface area (Å²) in [6, 6.07) is 15.9. The van der Waals surface area contributed by atoms with Gasteiger partial charge in [-0.3, -0.25) is 0 Å². The second kappa shape index (κ2) is 9.94. The molecule has 1 saturated carbocycles. The highest BCUT2D eigenvalue weighted by molar-refractivity contribution is 7.89. The van der Waals surface area contributed by atoms with Crippen molar-refractivity contribution in [3.05, 3.63) is 59.7 Å². The van der Waals surface area contributed by atoms with Gasteiger partial charge in [0.05, 0.1) is 18.1 Å². The fourth-order valence-electron chi connectivity index (χ4n) is 4.49. The van der Waals surface area contributed by atoms with Crippen LogP contribution in [0.25, 0.3) is 0 Å². The molecule has 0 bridgehead atoms. The van der Waals surface area contributed by atoms with Crippen LogP contribution in [0.15, 0.2) is 53.4 Å². The van der Waals surface area contributed by atoms with Crippen molar-refractivity contribution in [2.75, 3.05) is 31.6 Å². The van der Waals surface area contributed by atoms with E-state index in [-0.39, 0.29) is 0 Å². The highest BCUT2D eigenvalue weighted by Gasteiger charge is 2.27. The number of rotatable bonds is 7. The molecule has 0 unspecified atom stereocenters. The maximum atomic E-state index is 13.2. The molecule has 1 heterocycles. The lowest BCUT2D eigenvalue weighted by atomic mass is 9.84. The van der Waals surface area contributed by atoms with Gasteiger partial charge in [0.15, 0.2) is 0 Å². The van der Waals surface area contributed by atoms with E-state index in [1.165, 1.54) is 47.5 Å². The first-order chi connectivity index (χ1) is 14.6. The summed E-state index contributed by atoms with van der Waals surface area (Å²) in [5.74, 6) is 0.692. The molecule has 0 radical (unpaired) electrons. The fraction of sp³-hybridized carbons (Fsp3) is 0.500. The van der Waals surface area contributed by atoms with Crippen molar-refractivity contribution < 1.29 is 13.2 Å². The Kier molecular flexibility index (Phi) is 7.08. The van der Waals surface area contributed by atoms with Gasteiger partial charge in [0.2, 0.25) is 10.0 Å². The normalized spacial score (nSPS) is 18.9. The van der Waals surface area contributed by atoms with Crippen LogP contribution in [-0.4, -0.2) is 39.0 Å². The molecule has 30 heavy (non-hydrogen) atoms. The van der Waals surface area contributed by atoms with E-state index in [9.17, 15) is 8.42 Å². The summed E-state index contributed by atoms with van der Waals surface area (Å²) in [4.78, 5) is 0.368. The largest absolute Gasteiger partial charge is 0.381 e. The van der Waals surface area contributed by atoms with Crippen LogP contribution in [0.3, 0.4) is 0 Å². The van der Waals surface area contributed by atoms with E-state index in [1.807, 2.05) is 30.3 Å². The number of hydrogen-bond acceptors (Lipinski definition) is 4. The van der Waals surface area contributed by atoms with Gasteiger partial charge in [-0.05, 0) is 35.6 Å². The fourth-order valence-corrected chi connectivity index (χ4v) is 5.92. The van der Waals surface area contributed by atoms with Gasteiger partial charge in [-0.25, -0.2) is 8.42 Å². The molecular weight excluding hydrogens is 396 g/mol. The van der Waals surface area contributed by atoms with Gasteiger partial charge in [0, 0.05) is 25.3 Å². The smallest absolute Gasteiger partial charge is 0.243 e. The Bertz CT molecular complexity index is 919. The van der Waals surface area contributed by atoms with Crippen LogP contribution in [0.5, 0.6) is 0 Å². The SMILES string of the molecule is O=S(=O)(c1ccc(CC2CCCCC2)c(NCc2ccccc2)c1)N1CCOCC1. The molecule has 1 aliphatic heterocycles. The van der Waals surface area contributed by atoms with Gasteiger partial charge in [0.1, 0.15) is 0 Å². The molecule has 2 fully saturated rings. The first kappa shape index (κ1) is 21.3. The number of ether oxygens (including phenoxy) is 1. The van der Waals surface area contributed by atoms with Crippen LogP contribution in [0.4, 0.5) is 5.69 Å². The lowest BCUT2D eigenvalue weighted by Crippen LogP contribution is -2.40. The van der Waals surface area contributed by atoms with Gasteiger partial charge in [-0.15, -0.1) is 0 Å². The molecule has 1 N–H and O–H groups in total. The Morgan fingerprint density at radius 2 is 1.70 bits per heavy atom. The first-order valence-corrected chi connectivity index (χ1v) is 12.6. The van der Waals surface area contributed by atoms with Crippen molar-refractivity contribution >= 4 is 15.7 Å². The van der Waals surface area contributed by atoms with Crippen molar-refractivity contribution in [2.24, 2.45) is 5.92 Å². The average molecular weight is 429 g/mol. The minimum Gasteiger partial charge on any atom is -0.381 e. The number of morpholine rings is 1. The number of anilines is 1. The Morgan fingerprint density at radius 1 is 0.967 bits per heavy atom. The maximum absolute atomic E-state index is 13.2. The third-order valence-electron chi connectivity index (χ3n) is 6.25. The molecule has 0 aromatic heterocycles. The molecule has 2 aromatic carbocycles. The van der Waals surface area contributed by atoms with Crippen LogP contribution in [0, 0.1) is 5.92 Å². The van der Waals surface area contributed by atoms with Crippen molar-refractivity contribution in [2.45, 2.75) is 50.0 Å². The summed E-state index contributed by atoms with van der Waals surface area (Å²) < 4.78 is 33.2. The number of sulfonamides is 1. The van der Waals surface area contributed by atoms with E-state index in [0.29, 0.717) is 43.7 Å². The molecule has 2 aliphatic rings. The summed E-state index contributed by atoms with van der Waals surface area (Å²) in [5, 5.41) is 3.53. The highest BCUT2D eigenvalue weighted by atomic mass is 32.2.